The molecule has 0 spiro atoms. The van der Waals surface area contributed by atoms with Gasteiger partial charge in [-0.25, -0.2) is 0 Å². The molecule has 0 fully saturated rings. The van der Waals surface area contributed by atoms with E-state index in [1.807, 2.05) is 19.9 Å². The molecule has 1 aromatic rings. The Labute approximate surface area is 88.0 Å². The summed E-state index contributed by atoms with van der Waals surface area (Å²) in [5, 5.41) is 0. The molecule has 0 nitrogen and oxygen atoms in total. The van der Waals surface area contributed by atoms with Gasteiger partial charge < -0.3 is 0 Å². The summed E-state index contributed by atoms with van der Waals surface area (Å²) in [6, 6.07) is 6.32. The van der Waals surface area contributed by atoms with Crippen molar-refractivity contribution in [1.82, 2.24) is 0 Å². The zero-order valence-electron chi connectivity index (χ0n) is 9.67. The van der Waals surface area contributed by atoms with Crippen LogP contribution in [0.1, 0.15) is 30.5 Å². The Morgan fingerprint density at radius 3 is 2.00 bits per heavy atom. The highest BCUT2D eigenvalue weighted by Crippen LogP contribution is 2.14. The quantitative estimate of drug-likeness (QED) is 0.598. The van der Waals surface area contributed by atoms with Crippen molar-refractivity contribution < 1.29 is 0 Å². The van der Waals surface area contributed by atoms with E-state index in [4.69, 9.17) is 0 Å². The van der Waals surface area contributed by atoms with Crippen LogP contribution in [0.15, 0.2) is 36.9 Å². The number of aryl methyl sites for hydroxylation is 2. The summed E-state index contributed by atoms with van der Waals surface area (Å²) in [7, 11) is 0. The Balaban J connectivity index is 0.000000791. The molecular weight excluding hydrogens is 168 g/mol. The summed E-state index contributed by atoms with van der Waals surface area (Å²) in [5.74, 6) is 0. The van der Waals surface area contributed by atoms with Crippen LogP contribution in [0.4, 0.5) is 0 Å². The van der Waals surface area contributed by atoms with E-state index in [0.29, 0.717) is 0 Å². The van der Waals surface area contributed by atoms with Crippen molar-refractivity contribution in [3.63, 3.8) is 0 Å². The minimum atomic E-state index is 1.30. The monoisotopic (exact) mass is 188 g/mol. The largest absolute Gasteiger partial charge is 0.0991 e. The van der Waals surface area contributed by atoms with Gasteiger partial charge in [0.2, 0.25) is 0 Å². The molecule has 1 rings (SSSR count). The predicted octanol–water partition coefficient (Wildman–Crippen LogP) is 4.53. The molecule has 1 aromatic carbocycles. The second kappa shape index (κ2) is 7.14. The van der Waals surface area contributed by atoms with Crippen LogP contribution in [-0.4, -0.2) is 0 Å². The molecule has 0 aliphatic rings. The molecule has 0 saturated heterocycles. The Bertz CT molecular complexity index is 286. The molecule has 0 radical (unpaired) electrons. The zero-order valence-corrected chi connectivity index (χ0v) is 9.67. The van der Waals surface area contributed by atoms with Crippen LogP contribution in [0.2, 0.25) is 0 Å². The molecule has 0 N–H and O–H groups in total. The Kier molecular flexibility index (Phi) is 6.47. The number of benzene rings is 1. The van der Waals surface area contributed by atoms with E-state index in [2.05, 4.69) is 44.7 Å². The zero-order chi connectivity index (χ0) is 11.0. The molecule has 76 valence electrons. The van der Waals surface area contributed by atoms with Gasteiger partial charge in [0, 0.05) is 0 Å². The van der Waals surface area contributed by atoms with E-state index < -0.39 is 0 Å². The van der Waals surface area contributed by atoms with Crippen molar-refractivity contribution in [2.24, 2.45) is 0 Å². The molecule has 0 unspecified atom stereocenters. The molecule has 0 aliphatic carbocycles. The molecule has 0 atom stereocenters. The standard InChI is InChI=1S/C12H14.C2H6/c1-4-5-9-12-10(2)7-6-8-11(12)3;1-2/h4-9H,1H2,2-3H3;1-2H3/b9-5-;. The maximum Gasteiger partial charge on any atom is -0.0198 e. The third kappa shape index (κ3) is 3.61. The van der Waals surface area contributed by atoms with Crippen molar-refractivity contribution in [3.8, 4) is 0 Å². The normalized spacial score (nSPS) is 9.43. The van der Waals surface area contributed by atoms with Gasteiger partial charge in [-0.05, 0) is 30.5 Å². The van der Waals surface area contributed by atoms with Crippen molar-refractivity contribution in [2.75, 3.05) is 0 Å². The van der Waals surface area contributed by atoms with E-state index in [0.717, 1.165) is 0 Å². The van der Waals surface area contributed by atoms with Gasteiger partial charge in [-0.15, -0.1) is 0 Å². The maximum atomic E-state index is 3.65. The number of hydrogen-bond donors (Lipinski definition) is 0. The topological polar surface area (TPSA) is 0 Å². The van der Waals surface area contributed by atoms with Crippen molar-refractivity contribution in [3.05, 3.63) is 53.6 Å². The average Bonchev–Trinajstić information content (AvgIpc) is 2.20. The SMILES string of the molecule is C=C/C=C\c1c(C)cccc1C.CC. The van der Waals surface area contributed by atoms with Gasteiger partial charge in [0.25, 0.3) is 0 Å². The summed E-state index contributed by atoms with van der Waals surface area (Å²) < 4.78 is 0. The van der Waals surface area contributed by atoms with Crippen molar-refractivity contribution in [2.45, 2.75) is 27.7 Å². The molecule has 0 heteroatoms. The third-order valence-electron chi connectivity index (χ3n) is 1.94. The summed E-state index contributed by atoms with van der Waals surface area (Å²) in [4.78, 5) is 0. The summed E-state index contributed by atoms with van der Waals surface area (Å²) in [6.45, 7) is 11.9. The van der Waals surface area contributed by atoms with Gasteiger partial charge in [0.05, 0.1) is 0 Å². The van der Waals surface area contributed by atoms with Gasteiger partial charge >= 0.3 is 0 Å². The lowest BCUT2D eigenvalue weighted by Crippen LogP contribution is -1.84. The lowest BCUT2D eigenvalue weighted by molar-refractivity contribution is 1.36. The fourth-order valence-corrected chi connectivity index (χ4v) is 1.25. The first kappa shape index (κ1) is 12.7. The van der Waals surface area contributed by atoms with Crippen molar-refractivity contribution in [1.29, 1.82) is 0 Å². The van der Waals surface area contributed by atoms with Crippen LogP contribution in [0.5, 0.6) is 0 Å². The Morgan fingerprint density at radius 1 is 1.07 bits per heavy atom. The Morgan fingerprint density at radius 2 is 1.57 bits per heavy atom. The highest BCUT2D eigenvalue weighted by molar-refractivity contribution is 5.58. The second-order valence-electron chi connectivity index (χ2n) is 2.90. The Hall–Kier alpha value is -1.30. The fourth-order valence-electron chi connectivity index (χ4n) is 1.25. The fraction of sp³-hybridized carbons (Fsp3) is 0.286. The lowest BCUT2D eigenvalue weighted by Gasteiger charge is -2.03. The maximum absolute atomic E-state index is 3.65. The third-order valence-corrected chi connectivity index (χ3v) is 1.94. The molecule has 0 bridgehead atoms. The van der Waals surface area contributed by atoms with Gasteiger partial charge in [0.15, 0.2) is 0 Å². The second-order valence-corrected chi connectivity index (χ2v) is 2.90. The van der Waals surface area contributed by atoms with Crippen LogP contribution < -0.4 is 0 Å². The van der Waals surface area contributed by atoms with Gasteiger partial charge in [0.1, 0.15) is 0 Å². The molecule has 0 saturated carbocycles. The van der Waals surface area contributed by atoms with Crippen LogP contribution in [-0.2, 0) is 0 Å². The first-order valence-corrected chi connectivity index (χ1v) is 5.11. The molecular formula is C14H20. The molecule has 0 heterocycles. The highest BCUT2D eigenvalue weighted by atomic mass is 14.0. The summed E-state index contributed by atoms with van der Waals surface area (Å²) >= 11 is 0. The molecule has 14 heavy (non-hydrogen) atoms. The van der Waals surface area contributed by atoms with Crippen molar-refractivity contribution >= 4 is 6.08 Å². The van der Waals surface area contributed by atoms with E-state index in [1.165, 1.54) is 16.7 Å². The number of allylic oxidation sites excluding steroid dienone is 2. The number of hydrogen-bond acceptors (Lipinski definition) is 0. The van der Waals surface area contributed by atoms with Crippen LogP contribution >= 0.6 is 0 Å². The first-order valence-electron chi connectivity index (χ1n) is 5.11. The summed E-state index contributed by atoms with van der Waals surface area (Å²) in [5.41, 5.74) is 3.93. The van der Waals surface area contributed by atoms with Gasteiger partial charge in [-0.2, -0.15) is 0 Å². The lowest BCUT2D eigenvalue weighted by atomic mass is 10.0. The summed E-state index contributed by atoms with van der Waals surface area (Å²) in [6.07, 6.45) is 5.86. The van der Waals surface area contributed by atoms with Gasteiger partial charge in [-0.3, -0.25) is 0 Å². The molecule has 0 aliphatic heterocycles. The van der Waals surface area contributed by atoms with Crippen LogP contribution in [0.25, 0.3) is 6.08 Å². The molecule has 0 aromatic heterocycles. The minimum Gasteiger partial charge on any atom is -0.0991 e. The van der Waals surface area contributed by atoms with Crippen LogP contribution in [0, 0.1) is 13.8 Å². The molecule has 0 amide bonds. The van der Waals surface area contributed by atoms with E-state index in [1.54, 1.807) is 6.08 Å². The number of rotatable bonds is 2. The van der Waals surface area contributed by atoms with E-state index in [9.17, 15) is 0 Å². The van der Waals surface area contributed by atoms with E-state index >= 15 is 0 Å². The minimum absolute atomic E-state index is 1.30. The first-order chi connectivity index (χ1) is 6.75. The van der Waals surface area contributed by atoms with E-state index in [-0.39, 0.29) is 0 Å². The average molecular weight is 188 g/mol. The van der Waals surface area contributed by atoms with Crippen LogP contribution in [0.3, 0.4) is 0 Å². The highest BCUT2D eigenvalue weighted by Gasteiger charge is 1.95. The smallest absolute Gasteiger partial charge is 0.0198 e. The predicted molar refractivity (Wildman–Crippen MR) is 66.5 cm³/mol. The van der Waals surface area contributed by atoms with Gasteiger partial charge in [-0.1, -0.05) is 56.9 Å².